The van der Waals surface area contributed by atoms with E-state index in [1.54, 1.807) is 25.2 Å². The summed E-state index contributed by atoms with van der Waals surface area (Å²) in [6.45, 7) is 0. The molecule has 0 fully saturated rings. The van der Waals surface area contributed by atoms with Crippen molar-refractivity contribution in [3.05, 3.63) is 35.6 Å². The maximum Gasteiger partial charge on any atom is 0.135 e. The molecular weight excluding hydrogens is 205 g/mol. The number of benzene rings is 1. The third-order valence-corrected chi connectivity index (χ3v) is 2.41. The van der Waals surface area contributed by atoms with Gasteiger partial charge in [-0.15, -0.1) is 0 Å². The van der Waals surface area contributed by atoms with Crippen molar-refractivity contribution in [2.75, 3.05) is 7.05 Å². The monoisotopic (exact) mass is 217 g/mol. The molecule has 0 heterocycles. The van der Waals surface area contributed by atoms with E-state index in [4.69, 9.17) is 10.5 Å². The molecule has 0 radical (unpaired) electrons. The lowest BCUT2D eigenvalue weighted by Gasteiger charge is -2.17. The van der Waals surface area contributed by atoms with E-state index < -0.39 is 5.92 Å². The van der Waals surface area contributed by atoms with Gasteiger partial charge in [0.25, 0.3) is 0 Å². The maximum absolute atomic E-state index is 13.5. The van der Waals surface area contributed by atoms with Gasteiger partial charge in [-0.2, -0.15) is 10.5 Å². The average Bonchev–Trinajstić information content (AvgIpc) is 2.32. The molecule has 0 spiro atoms. The summed E-state index contributed by atoms with van der Waals surface area (Å²) in [4.78, 5) is 0. The van der Waals surface area contributed by atoms with Crippen molar-refractivity contribution in [1.29, 1.82) is 10.5 Å². The SMILES string of the molecule is CNC(CC(C#N)C#N)c1ccccc1F. The van der Waals surface area contributed by atoms with Crippen molar-refractivity contribution in [3.63, 3.8) is 0 Å². The fraction of sp³-hybridized carbons (Fsp3) is 0.333. The van der Waals surface area contributed by atoms with Crippen molar-refractivity contribution < 1.29 is 4.39 Å². The highest BCUT2D eigenvalue weighted by Gasteiger charge is 2.18. The number of nitrogens with zero attached hydrogens (tertiary/aromatic N) is 2. The smallest absolute Gasteiger partial charge is 0.135 e. The lowest BCUT2D eigenvalue weighted by molar-refractivity contribution is 0.487. The highest BCUT2D eigenvalue weighted by Crippen LogP contribution is 2.22. The van der Waals surface area contributed by atoms with Gasteiger partial charge < -0.3 is 5.32 Å². The Hall–Kier alpha value is -1.91. The Labute approximate surface area is 94.1 Å². The van der Waals surface area contributed by atoms with E-state index in [0.29, 0.717) is 5.56 Å². The zero-order valence-electron chi connectivity index (χ0n) is 8.94. The molecule has 1 unspecified atom stereocenters. The van der Waals surface area contributed by atoms with E-state index in [0.717, 1.165) is 0 Å². The first-order valence-corrected chi connectivity index (χ1v) is 4.93. The van der Waals surface area contributed by atoms with Crippen LogP contribution >= 0.6 is 0 Å². The number of hydrogen-bond acceptors (Lipinski definition) is 3. The number of nitrogens with one attached hydrogen (secondary N) is 1. The predicted molar refractivity (Wildman–Crippen MR) is 57.5 cm³/mol. The largest absolute Gasteiger partial charge is 0.313 e. The van der Waals surface area contributed by atoms with E-state index in [-0.39, 0.29) is 18.3 Å². The summed E-state index contributed by atoms with van der Waals surface area (Å²) in [5, 5.41) is 20.3. The molecule has 3 nitrogen and oxygen atoms in total. The standard InChI is InChI=1S/C12H12FN3/c1-16-12(6-9(7-14)8-15)10-4-2-3-5-11(10)13/h2-5,9,12,16H,6H2,1H3. The van der Waals surface area contributed by atoms with Crippen LogP contribution in [0.25, 0.3) is 0 Å². The van der Waals surface area contributed by atoms with Gasteiger partial charge in [-0.3, -0.25) is 0 Å². The quantitative estimate of drug-likeness (QED) is 0.840. The Morgan fingerprint density at radius 2 is 1.94 bits per heavy atom. The van der Waals surface area contributed by atoms with E-state index >= 15 is 0 Å². The zero-order chi connectivity index (χ0) is 12.0. The van der Waals surface area contributed by atoms with Gasteiger partial charge in [-0.25, -0.2) is 4.39 Å². The molecule has 4 heteroatoms. The third kappa shape index (κ3) is 2.79. The van der Waals surface area contributed by atoms with Crippen LogP contribution in [0.15, 0.2) is 24.3 Å². The molecule has 1 aromatic carbocycles. The zero-order valence-corrected chi connectivity index (χ0v) is 8.94. The molecule has 0 saturated heterocycles. The van der Waals surface area contributed by atoms with Gasteiger partial charge in [-0.1, -0.05) is 18.2 Å². The number of nitriles is 2. The summed E-state index contributed by atoms with van der Waals surface area (Å²) >= 11 is 0. The highest BCUT2D eigenvalue weighted by atomic mass is 19.1. The van der Waals surface area contributed by atoms with Crippen LogP contribution in [-0.4, -0.2) is 7.05 Å². The van der Waals surface area contributed by atoms with Crippen molar-refractivity contribution in [3.8, 4) is 12.1 Å². The van der Waals surface area contributed by atoms with Crippen LogP contribution in [0.1, 0.15) is 18.0 Å². The second-order valence-corrected chi connectivity index (χ2v) is 3.41. The van der Waals surface area contributed by atoms with Gasteiger partial charge >= 0.3 is 0 Å². The topological polar surface area (TPSA) is 59.6 Å². The van der Waals surface area contributed by atoms with Gasteiger partial charge in [0.05, 0.1) is 12.1 Å². The van der Waals surface area contributed by atoms with Crippen LogP contribution in [0.2, 0.25) is 0 Å². The van der Waals surface area contributed by atoms with Crippen molar-refractivity contribution >= 4 is 0 Å². The fourth-order valence-corrected chi connectivity index (χ4v) is 1.53. The molecule has 16 heavy (non-hydrogen) atoms. The molecule has 0 aromatic heterocycles. The summed E-state index contributed by atoms with van der Waals surface area (Å²) in [6.07, 6.45) is 0.282. The van der Waals surface area contributed by atoms with Crippen molar-refractivity contribution in [2.24, 2.45) is 5.92 Å². The Bertz CT molecular complexity index is 417. The molecule has 82 valence electrons. The van der Waals surface area contributed by atoms with Crippen molar-refractivity contribution in [2.45, 2.75) is 12.5 Å². The van der Waals surface area contributed by atoms with Crippen LogP contribution in [0.3, 0.4) is 0 Å². The predicted octanol–water partition coefficient (Wildman–Crippen LogP) is 2.14. The Morgan fingerprint density at radius 3 is 2.44 bits per heavy atom. The van der Waals surface area contributed by atoms with Gasteiger partial charge in [-0.05, 0) is 19.5 Å². The van der Waals surface area contributed by atoms with E-state index in [1.165, 1.54) is 6.07 Å². The average molecular weight is 217 g/mol. The number of hydrogen-bond donors (Lipinski definition) is 1. The van der Waals surface area contributed by atoms with E-state index in [2.05, 4.69) is 5.32 Å². The second-order valence-electron chi connectivity index (χ2n) is 3.41. The molecule has 1 rings (SSSR count). The van der Waals surface area contributed by atoms with E-state index in [1.807, 2.05) is 12.1 Å². The second kappa shape index (κ2) is 5.85. The van der Waals surface area contributed by atoms with Gasteiger partial charge in [0.1, 0.15) is 11.7 Å². The third-order valence-electron chi connectivity index (χ3n) is 2.41. The number of rotatable bonds is 4. The van der Waals surface area contributed by atoms with Crippen molar-refractivity contribution in [1.82, 2.24) is 5.32 Å². The normalized spacial score (nSPS) is 11.8. The van der Waals surface area contributed by atoms with Crippen LogP contribution < -0.4 is 5.32 Å². The van der Waals surface area contributed by atoms with Gasteiger partial charge in [0.15, 0.2) is 0 Å². The first-order chi connectivity index (χ1) is 7.72. The Kier molecular flexibility index (Phi) is 4.44. The molecule has 0 saturated carbocycles. The van der Waals surface area contributed by atoms with E-state index in [9.17, 15) is 4.39 Å². The van der Waals surface area contributed by atoms with Crippen LogP contribution in [-0.2, 0) is 0 Å². The number of halogens is 1. The first kappa shape index (κ1) is 12.2. The van der Waals surface area contributed by atoms with Crippen LogP contribution in [0.5, 0.6) is 0 Å². The molecule has 1 N–H and O–H groups in total. The Balaban J connectivity index is 2.89. The lowest BCUT2D eigenvalue weighted by Crippen LogP contribution is -2.20. The highest BCUT2D eigenvalue weighted by molar-refractivity contribution is 5.22. The lowest BCUT2D eigenvalue weighted by atomic mass is 9.96. The van der Waals surface area contributed by atoms with Crippen LogP contribution in [0.4, 0.5) is 4.39 Å². The van der Waals surface area contributed by atoms with Crippen LogP contribution in [0, 0.1) is 34.4 Å². The fourth-order valence-electron chi connectivity index (χ4n) is 1.53. The minimum Gasteiger partial charge on any atom is -0.313 e. The molecule has 0 aliphatic rings. The molecule has 1 aromatic rings. The van der Waals surface area contributed by atoms with Gasteiger partial charge in [0.2, 0.25) is 0 Å². The molecular formula is C12H12FN3. The molecule has 0 amide bonds. The summed E-state index contributed by atoms with van der Waals surface area (Å²) in [5.41, 5.74) is 0.487. The molecule has 0 aliphatic heterocycles. The Morgan fingerprint density at radius 1 is 1.31 bits per heavy atom. The summed E-state index contributed by atoms with van der Waals surface area (Å²) in [7, 11) is 1.68. The minimum atomic E-state index is -0.725. The molecule has 0 aliphatic carbocycles. The first-order valence-electron chi connectivity index (χ1n) is 4.93. The minimum absolute atomic E-state index is 0.282. The maximum atomic E-state index is 13.5. The molecule has 0 bridgehead atoms. The summed E-state index contributed by atoms with van der Waals surface area (Å²) < 4.78 is 13.5. The summed E-state index contributed by atoms with van der Waals surface area (Å²) in [6, 6.07) is 9.81. The summed E-state index contributed by atoms with van der Waals surface area (Å²) in [5.74, 6) is -1.05. The molecule has 1 atom stereocenters. The van der Waals surface area contributed by atoms with Gasteiger partial charge in [0, 0.05) is 11.6 Å².